The Morgan fingerprint density at radius 3 is 2.89 bits per heavy atom. The highest BCUT2D eigenvalue weighted by molar-refractivity contribution is 5.39. The van der Waals surface area contributed by atoms with Crippen LogP contribution in [0, 0.1) is 0 Å². The summed E-state index contributed by atoms with van der Waals surface area (Å²) in [7, 11) is 0. The van der Waals surface area contributed by atoms with E-state index >= 15 is 0 Å². The van der Waals surface area contributed by atoms with Crippen molar-refractivity contribution in [3.8, 4) is 5.75 Å². The molecule has 2 heteroatoms. The summed E-state index contributed by atoms with van der Waals surface area (Å²) in [4.78, 5) is 0. The topological polar surface area (TPSA) is 21.3 Å². The molecule has 1 aliphatic heterocycles. The second-order valence-corrected chi connectivity index (χ2v) is 5.45. The van der Waals surface area contributed by atoms with Crippen LogP contribution in [0.3, 0.4) is 0 Å². The smallest absolute Gasteiger partial charge is 0.122 e. The highest BCUT2D eigenvalue weighted by Crippen LogP contribution is 2.26. The summed E-state index contributed by atoms with van der Waals surface area (Å²) in [5, 5.41) is 3.46. The van der Waals surface area contributed by atoms with Gasteiger partial charge in [0.1, 0.15) is 5.75 Å². The second-order valence-electron chi connectivity index (χ2n) is 5.45. The third kappa shape index (κ3) is 4.87. The van der Waals surface area contributed by atoms with Crippen molar-refractivity contribution in [2.45, 2.75) is 51.9 Å². The largest absolute Gasteiger partial charge is 0.493 e. The van der Waals surface area contributed by atoms with Crippen molar-refractivity contribution in [1.29, 1.82) is 0 Å². The van der Waals surface area contributed by atoms with Crippen LogP contribution in [0.5, 0.6) is 5.75 Å². The molecule has 1 aliphatic rings. The predicted octanol–water partition coefficient (Wildman–Crippen LogP) is 3.72. The van der Waals surface area contributed by atoms with Crippen LogP contribution < -0.4 is 10.1 Å². The minimum atomic E-state index is 0.865. The zero-order valence-corrected chi connectivity index (χ0v) is 12.2. The Kier molecular flexibility index (Phi) is 6.22. The highest BCUT2D eigenvalue weighted by atomic mass is 16.5. The molecule has 0 radical (unpaired) electrons. The average Bonchev–Trinajstić information content (AvgIpc) is 2.89. The number of hydrogen-bond acceptors (Lipinski definition) is 2. The molecule has 0 aliphatic carbocycles. The van der Waals surface area contributed by atoms with Crippen molar-refractivity contribution in [3.63, 3.8) is 0 Å². The van der Waals surface area contributed by atoms with E-state index in [-0.39, 0.29) is 0 Å². The summed E-state index contributed by atoms with van der Waals surface area (Å²) in [5.74, 6) is 1.10. The van der Waals surface area contributed by atoms with Crippen molar-refractivity contribution in [2.24, 2.45) is 0 Å². The molecule has 0 saturated heterocycles. The Bertz CT molecular complexity index is 376. The number of unbranched alkanes of at least 4 members (excludes halogenated alkanes) is 3. The monoisotopic (exact) mass is 261 g/mol. The van der Waals surface area contributed by atoms with E-state index in [1.807, 2.05) is 0 Å². The van der Waals surface area contributed by atoms with Gasteiger partial charge in [-0.3, -0.25) is 0 Å². The molecular weight excluding hydrogens is 234 g/mol. The molecule has 1 aromatic rings. The van der Waals surface area contributed by atoms with E-state index in [0.717, 1.165) is 25.3 Å². The van der Waals surface area contributed by atoms with Gasteiger partial charge in [0.2, 0.25) is 0 Å². The quantitative estimate of drug-likeness (QED) is 0.684. The van der Waals surface area contributed by atoms with Gasteiger partial charge < -0.3 is 10.1 Å². The van der Waals surface area contributed by atoms with E-state index in [1.54, 1.807) is 0 Å². The van der Waals surface area contributed by atoms with Crippen molar-refractivity contribution < 1.29 is 4.74 Å². The fraction of sp³-hybridized carbons (Fsp3) is 0.647. The van der Waals surface area contributed by atoms with Crippen LogP contribution >= 0.6 is 0 Å². The second kappa shape index (κ2) is 8.21. The zero-order chi connectivity index (χ0) is 13.3. The summed E-state index contributed by atoms with van der Waals surface area (Å²) in [5.41, 5.74) is 2.88. The third-order valence-corrected chi connectivity index (χ3v) is 3.75. The summed E-state index contributed by atoms with van der Waals surface area (Å²) < 4.78 is 5.54. The van der Waals surface area contributed by atoms with Gasteiger partial charge in [0, 0.05) is 6.42 Å². The van der Waals surface area contributed by atoms with Gasteiger partial charge in [0.15, 0.2) is 0 Å². The molecule has 0 amide bonds. The lowest BCUT2D eigenvalue weighted by Crippen LogP contribution is -2.15. The normalized spacial score (nSPS) is 13.3. The van der Waals surface area contributed by atoms with Gasteiger partial charge in [0.25, 0.3) is 0 Å². The Labute approximate surface area is 117 Å². The maximum Gasteiger partial charge on any atom is 0.122 e. The molecule has 0 saturated carbocycles. The SMILES string of the molecule is CCCNCCCCCCc1ccc2c(c1)CCO2. The first kappa shape index (κ1) is 14.4. The fourth-order valence-electron chi connectivity index (χ4n) is 2.63. The number of nitrogens with one attached hydrogen (secondary N) is 1. The maximum atomic E-state index is 5.54. The first-order valence-corrected chi connectivity index (χ1v) is 7.85. The molecule has 1 N–H and O–H groups in total. The molecule has 2 nitrogen and oxygen atoms in total. The molecule has 106 valence electrons. The first-order valence-electron chi connectivity index (χ1n) is 7.85. The third-order valence-electron chi connectivity index (χ3n) is 3.75. The Morgan fingerprint density at radius 1 is 1.11 bits per heavy atom. The van der Waals surface area contributed by atoms with Crippen molar-refractivity contribution in [2.75, 3.05) is 19.7 Å². The average molecular weight is 261 g/mol. The van der Waals surface area contributed by atoms with Gasteiger partial charge in [-0.1, -0.05) is 31.9 Å². The van der Waals surface area contributed by atoms with Gasteiger partial charge in [-0.2, -0.15) is 0 Å². The number of benzene rings is 1. The molecule has 19 heavy (non-hydrogen) atoms. The summed E-state index contributed by atoms with van der Waals surface area (Å²) in [6.45, 7) is 5.43. The van der Waals surface area contributed by atoms with Gasteiger partial charge in [-0.15, -0.1) is 0 Å². The van der Waals surface area contributed by atoms with Crippen LogP contribution in [0.2, 0.25) is 0 Å². The summed E-state index contributed by atoms with van der Waals surface area (Å²) in [6, 6.07) is 6.71. The van der Waals surface area contributed by atoms with Crippen LogP contribution in [-0.4, -0.2) is 19.7 Å². The lowest BCUT2D eigenvalue weighted by molar-refractivity contribution is 0.357. The van der Waals surface area contributed by atoms with Crippen LogP contribution in [0.4, 0.5) is 0 Å². The van der Waals surface area contributed by atoms with Gasteiger partial charge in [-0.25, -0.2) is 0 Å². The van der Waals surface area contributed by atoms with E-state index in [1.165, 1.54) is 56.2 Å². The van der Waals surface area contributed by atoms with Crippen LogP contribution in [-0.2, 0) is 12.8 Å². The Morgan fingerprint density at radius 2 is 2.00 bits per heavy atom. The van der Waals surface area contributed by atoms with Crippen molar-refractivity contribution >= 4 is 0 Å². The fourth-order valence-corrected chi connectivity index (χ4v) is 2.63. The standard InChI is InChI=1S/C17H27NO/c1-2-11-18-12-6-4-3-5-7-15-8-9-17-16(14-15)10-13-19-17/h8-9,14,18H,2-7,10-13H2,1H3. The van der Waals surface area contributed by atoms with Crippen LogP contribution in [0.25, 0.3) is 0 Å². The first-order chi connectivity index (χ1) is 9.40. The molecule has 0 bridgehead atoms. The number of aryl methyl sites for hydroxylation is 1. The minimum Gasteiger partial charge on any atom is -0.493 e. The zero-order valence-electron chi connectivity index (χ0n) is 12.2. The van der Waals surface area contributed by atoms with Crippen LogP contribution in [0.1, 0.15) is 50.2 Å². The summed E-state index contributed by atoms with van der Waals surface area (Å²) in [6.07, 6.45) is 8.88. The number of rotatable bonds is 9. The van der Waals surface area contributed by atoms with Gasteiger partial charge in [-0.05, 0) is 56.0 Å². The molecule has 2 rings (SSSR count). The number of hydrogen-bond donors (Lipinski definition) is 1. The Hall–Kier alpha value is -1.02. The molecule has 1 heterocycles. The molecule has 0 aromatic heterocycles. The summed E-state index contributed by atoms with van der Waals surface area (Å²) >= 11 is 0. The molecule has 0 spiro atoms. The highest BCUT2D eigenvalue weighted by Gasteiger charge is 2.11. The number of ether oxygens (including phenoxy) is 1. The van der Waals surface area contributed by atoms with E-state index in [4.69, 9.17) is 4.74 Å². The molecule has 1 aromatic carbocycles. The molecule has 0 unspecified atom stereocenters. The van der Waals surface area contributed by atoms with E-state index in [0.29, 0.717) is 0 Å². The lowest BCUT2D eigenvalue weighted by Gasteiger charge is -2.05. The van der Waals surface area contributed by atoms with E-state index in [9.17, 15) is 0 Å². The van der Waals surface area contributed by atoms with Crippen LogP contribution in [0.15, 0.2) is 18.2 Å². The lowest BCUT2D eigenvalue weighted by atomic mass is 10.0. The van der Waals surface area contributed by atoms with Crippen molar-refractivity contribution in [3.05, 3.63) is 29.3 Å². The minimum absolute atomic E-state index is 0.865. The predicted molar refractivity (Wildman–Crippen MR) is 81.0 cm³/mol. The molecule has 0 atom stereocenters. The van der Waals surface area contributed by atoms with Gasteiger partial charge >= 0.3 is 0 Å². The maximum absolute atomic E-state index is 5.54. The van der Waals surface area contributed by atoms with Gasteiger partial charge in [0.05, 0.1) is 6.61 Å². The molecule has 0 fully saturated rings. The number of fused-ring (bicyclic) bond motifs is 1. The van der Waals surface area contributed by atoms with E-state index < -0.39 is 0 Å². The van der Waals surface area contributed by atoms with Crippen molar-refractivity contribution in [1.82, 2.24) is 5.32 Å². The Balaban J connectivity index is 1.56. The molecular formula is C17H27NO. The van der Waals surface area contributed by atoms with E-state index in [2.05, 4.69) is 30.4 Å².